The van der Waals surface area contributed by atoms with Gasteiger partial charge in [-0.1, -0.05) is 5.16 Å². The zero-order valence-electron chi connectivity index (χ0n) is 13.7. The maximum atomic E-state index is 12.8. The summed E-state index contributed by atoms with van der Waals surface area (Å²) < 4.78 is 5.11. The highest BCUT2D eigenvalue weighted by Gasteiger charge is 2.31. The minimum Gasteiger partial charge on any atom is -0.337 e. The van der Waals surface area contributed by atoms with E-state index in [0.717, 1.165) is 56.8 Å². The molecular weight excluding hydrogens is 330 g/mol. The molecule has 0 aliphatic carbocycles. The summed E-state index contributed by atoms with van der Waals surface area (Å²) >= 11 is 0. The van der Waals surface area contributed by atoms with Crippen molar-refractivity contribution in [2.75, 3.05) is 39.3 Å². The lowest BCUT2D eigenvalue weighted by atomic mass is 10.2. The average molecular weight is 352 g/mol. The van der Waals surface area contributed by atoms with Gasteiger partial charge in [-0.3, -0.25) is 9.69 Å². The van der Waals surface area contributed by atoms with E-state index in [2.05, 4.69) is 20.4 Å². The van der Waals surface area contributed by atoms with E-state index in [1.54, 1.807) is 6.20 Å². The van der Waals surface area contributed by atoms with E-state index in [0.29, 0.717) is 17.3 Å². The van der Waals surface area contributed by atoms with Gasteiger partial charge in [-0.25, -0.2) is 4.98 Å². The summed E-state index contributed by atoms with van der Waals surface area (Å²) in [6.07, 6.45) is 2.64. The van der Waals surface area contributed by atoms with E-state index in [9.17, 15) is 4.79 Å². The molecule has 1 N–H and O–H groups in total. The maximum absolute atomic E-state index is 12.8. The van der Waals surface area contributed by atoms with Crippen LogP contribution in [-0.4, -0.2) is 71.2 Å². The van der Waals surface area contributed by atoms with Gasteiger partial charge in [-0.15, -0.1) is 12.4 Å². The first kappa shape index (κ1) is 17.1. The lowest BCUT2D eigenvalue weighted by Gasteiger charge is -2.32. The molecule has 2 aliphatic heterocycles. The summed E-state index contributed by atoms with van der Waals surface area (Å²) in [6, 6.07) is 2.32. The van der Waals surface area contributed by atoms with Gasteiger partial charge in [0.25, 0.3) is 11.6 Å². The molecule has 0 aromatic carbocycles. The summed E-state index contributed by atoms with van der Waals surface area (Å²) in [5.41, 5.74) is 1.87. The zero-order chi connectivity index (χ0) is 15.8. The number of carbonyl (C=O) groups excluding carboxylic acids is 1. The van der Waals surface area contributed by atoms with E-state index >= 15 is 0 Å². The molecular formula is C16H22ClN5O2. The number of fused-ring (bicyclic) bond motifs is 1. The maximum Gasteiger partial charge on any atom is 0.257 e. The molecule has 0 spiro atoms. The van der Waals surface area contributed by atoms with Crippen LogP contribution in [0.5, 0.6) is 0 Å². The molecule has 0 bridgehead atoms. The molecule has 2 fully saturated rings. The first-order valence-corrected chi connectivity index (χ1v) is 8.18. The Morgan fingerprint density at radius 1 is 1.33 bits per heavy atom. The van der Waals surface area contributed by atoms with E-state index in [4.69, 9.17) is 4.52 Å². The Bertz CT molecular complexity index is 728. The number of piperazine rings is 1. The van der Waals surface area contributed by atoms with Gasteiger partial charge in [0.2, 0.25) is 0 Å². The Balaban J connectivity index is 0.00000169. The number of rotatable bonds is 2. The van der Waals surface area contributed by atoms with Crippen molar-refractivity contribution in [1.82, 2.24) is 25.3 Å². The van der Waals surface area contributed by atoms with Crippen molar-refractivity contribution in [1.29, 1.82) is 0 Å². The number of amides is 1. The highest BCUT2D eigenvalue weighted by Crippen LogP contribution is 2.21. The number of pyridine rings is 1. The highest BCUT2D eigenvalue weighted by molar-refractivity contribution is 5.97. The van der Waals surface area contributed by atoms with Crippen molar-refractivity contribution >= 4 is 29.4 Å². The molecule has 0 saturated carbocycles. The fraction of sp³-hybridized carbons (Fsp3) is 0.562. The predicted molar refractivity (Wildman–Crippen MR) is 92.5 cm³/mol. The van der Waals surface area contributed by atoms with Gasteiger partial charge in [0.05, 0.1) is 16.6 Å². The number of hydrogen-bond donors (Lipinski definition) is 1. The van der Waals surface area contributed by atoms with E-state index in [1.807, 2.05) is 17.9 Å². The van der Waals surface area contributed by atoms with Crippen LogP contribution in [0.3, 0.4) is 0 Å². The summed E-state index contributed by atoms with van der Waals surface area (Å²) in [5, 5.41) is 8.08. The first-order valence-electron chi connectivity index (χ1n) is 8.18. The van der Waals surface area contributed by atoms with Crippen LogP contribution < -0.4 is 5.32 Å². The van der Waals surface area contributed by atoms with Crippen LogP contribution in [0.15, 0.2) is 16.8 Å². The van der Waals surface area contributed by atoms with Gasteiger partial charge in [0.15, 0.2) is 0 Å². The van der Waals surface area contributed by atoms with Crippen molar-refractivity contribution in [3.8, 4) is 0 Å². The van der Waals surface area contributed by atoms with Gasteiger partial charge < -0.3 is 14.7 Å². The second kappa shape index (κ2) is 7.04. The minimum absolute atomic E-state index is 0. The zero-order valence-corrected chi connectivity index (χ0v) is 14.5. The fourth-order valence-electron chi connectivity index (χ4n) is 3.52. The molecule has 2 aromatic heterocycles. The molecule has 1 unspecified atom stereocenters. The van der Waals surface area contributed by atoms with Crippen LogP contribution in [0.4, 0.5) is 0 Å². The van der Waals surface area contributed by atoms with Crippen molar-refractivity contribution in [3.63, 3.8) is 0 Å². The second-order valence-electron chi connectivity index (χ2n) is 6.32. The predicted octanol–water partition coefficient (Wildman–Crippen LogP) is 1.07. The molecule has 0 radical (unpaired) electrons. The molecule has 130 valence electrons. The van der Waals surface area contributed by atoms with E-state index in [-0.39, 0.29) is 18.3 Å². The molecule has 2 aromatic rings. The number of nitrogens with one attached hydrogen (secondary N) is 1. The summed E-state index contributed by atoms with van der Waals surface area (Å²) in [5.74, 6) is 0.0534. The smallest absolute Gasteiger partial charge is 0.257 e. The number of hydrogen-bond acceptors (Lipinski definition) is 6. The number of nitrogens with zero attached hydrogens (tertiary/aromatic N) is 4. The van der Waals surface area contributed by atoms with Crippen LogP contribution in [0.1, 0.15) is 22.5 Å². The Kier molecular flexibility index (Phi) is 5.03. The molecule has 7 nitrogen and oxygen atoms in total. The quantitative estimate of drug-likeness (QED) is 0.872. The largest absolute Gasteiger partial charge is 0.337 e. The number of aryl methyl sites for hydroxylation is 1. The lowest BCUT2D eigenvalue weighted by molar-refractivity contribution is 0.0773. The topological polar surface area (TPSA) is 74.5 Å². The normalized spacial score (nSPS) is 21.9. The van der Waals surface area contributed by atoms with Crippen molar-refractivity contribution in [2.24, 2.45) is 0 Å². The van der Waals surface area contributed by atoms with Crippen LogP contribution in [0, 0.1) is 6.92 Å². The third-order valence-corrected chi connectivity index (χ3v) is 4.88. The molecule has 4 rings (SSSR count). The number of likely N-dealkylation sites (tertiary alicyclic amines) is 1. The van der Waals surface area contributed by atoms with Crippen molar-refractivity contribution in [3.05, 3.63) is 23.5 Å². The molecule has 1 atom stereocenters. The standard InChI is InChI=1S/C16H21N5O2.ClH/c1-11-14-8-12(9-18-15(14)23-19-11)16(22)21-5-2-13(10-21)20-6-3-17-4-7-20;/h8-9,13,17H,2-7,10H2,1H3;1H. The molecule has 1 amide bonds. The Morgan fingerprint density at radius 3 is 2.92 bits per heavy atom. The van der Waals surface area contributed by atoms with Crippen LogP contribution >= 0.6 is 12.4 Å². The Labute approximate surface area is 146 Å². The Morgan fingerprint density at radius 2 is 2.12 bits per heavy atom. The summed E-state index contributed by atoms with van der Waals surface area (Å²) in [4.78, 5) is 21.4. The van der Waals surface area contributed by atoms with Crippen LogP contribution in [0.2, 0.25) is 0 Å². The summed E-state index contributed by atoms with van der Waals surface area (Å²) in [7, 11) is 0. The summed E-state index contributed by atoms with van der Waals surface area (Å²) in [6.45, 7) is 7.70. The average Bonchev–Trinajstić information content (AvgIpc) is 3.22. The third kappa shape index (κ3) is 3.11. The van der Waals surface area contributed by atoms with Crippen LogP contribution in [-0.2, 0) is 0 Å². The molecule has 2 saturated heterocycles. The number of aromatic nitrogens is 2. The molecule has 24 heavy (non-hydrogen) atoms. The van der Waals surface area contributed by atoms with E-state index in [1.165, 1.54) is 0 Å². The molecule has 8 heteroatoms. The van der Waals surface area contributed by atoms with Gasteiger partial charge in [-0.2, -0.15) is 0 Å². The third-order valence-electron chi connectivity index (χ3n) is 4.88. The number of carbonyl (C=O) groups is 1. The SMILES string of the molecule is Cc1noc2ncc(C(=O)N3CCC(N4CCNCC4)C3)cc12.Cl. The Hall–Kier alpha value is -1.70. The van der Waals surface area contributed by atoms with Crippen LogP contribution in [0.25, 0.3) is 11.1 Å². The number of halogens is 1. The monoisotopic (exact) mass is 351 g/mol. The molecule has 4 heterocycles. The van der Waals surface area contributed by atoms with Gasteiger partial charge in [0.1, 0.15) is 0 Å². The van der Waals surface area contributed by atoms with Crippen molar-refractivity contribution < 1.29 is 9.32 Å². The second-order valence-corrected chi connectivity index (χ2v) is 6.32. The first-order chi connectivity index (χ1) is 11.2. The lowest BCUT2D eigenvalue weighted by Crippen LogP contribution is -2.49. The van der Waals surface area contributed by atoms with Crippen molar-refractivity contribution in [2.45, 2.75) is 19.4 Å². The van der Waals surface area contributed by atoms with Gasteiger partial charge >= 0.3 is 0 Å². The molecule has 2 aliphatic rings. The van der Waals surface area contributed by atoms with Gasteiger partial charge in [-0.05, 0) is 19.4 Å². The fourth-order valence-corrected chi connectivity index (χ4v) is 3.52. The van der Waals surface area contributed by atoms with E-state index < -0.39 is 0 Å². The highest BCUT2D eigenvalue weighted by atomic mass is 35.5. The minimum atomic E-state index is 0. The van der Waals surface area contributed by atoms with Gasteiger partial charge in [0, 0.05) is 51.5 Å².